The van der Waals surface area contributed by atoms with E-state index in [0.29, 0.717) is 31.1 Å². The minimum Gasteiger partial charge on any atom is -0.493 e. The van der Waals surface area contributed by atoms with Crippen LogP contribution in [0.15, 0.2) is 58.5 Å². The van der Waals surface area contributed by atoms with Gasteiger partial charge < -0.3 is 20.9 Å². The van der Waals surface area contributed by atoms with Crippen molar-refractivity contribution in [3.05, 3.63) is 58.6 Å². The molecule has 31 heavy (non-hydrogen) atoms. The van der Waals surface area contributed by atoms with E-state index in [-0.39, 0.29) is 30.0 Å². The Labute approximate surface area is 186 Å². The summed E-state index contributed by atoms with van der Waals surface area (Å²) >= 11 is 0. The first-order chi connectivity index (χ1) is 14.3. The SMILES string of the molecule is CC1(C)N=C(N)N=C(N)N1c1cccc(OCCCOc2ccc([N+](=O)[O-])cc2)c1.Cl. The number of ether oxygens (including phenoxy) is 2. The molecule has 0 aliphatic carbocycles. The minimum atomic E-state index is -0.673. The molecular formula is C20H25ClN6O4. The van der Waals surface area contributed by atoms with E-state index in [9.17, 15) is 10.1 Å². The molecular weight excluding hydrogens is 424 g/mol. The van der Waals surface area contributed by atoms with Gasteiger partial charge in [-0.05, 0) is 38.1 Å². The standard InChI is InChI=1S/C20H24N6O4.ClH/c1-20(2)24-18(21)23-19(22)25(20)15-5-3-6-17(13-15)30-12-4-11-29-16-9-7-14(8-10-16)26(27)28;/h3,5-10,13H,4,11-12H2,1-2H3,(H4,21,22,23,24);1H. The molecule has 0 fully saturated rings. The molecule has 1 aliphatic heterocycles. The van der Waals surface area contributed by atoms with Crippen molar-refractivity contribution in [1.29, 1.82) is 0 Å². The third kappa shape index (κ3) is 5.98. The molecule has 0 aromatic heterocycles. The molecule has 0 saturated heterocycles. The van der Waals surface area contributed by atoms with Crippen LogP contribution in [-0.2, 0) is 0 Å². The van der Waals surface area contributed by atoms with Crippen LogP contribution in [-0.4, -0.2) is 35.7 Å². The third-order valence-electron chi connectivity index (χ3n) is 4.34. The highest BCUT2D eigenvalue weighted by molar-refractivity contribution is 6.05. The summed E-state index contributed by atoms with van der Waals surface area (Å²) in [7, 11) is 0. The third-order valence-corrected chi connectivity index (χ3v) is 4.34. The molecule has 0 atom stereocenters. The maximum atomic E-state index is 10.7. The van der Waals surface area contributed by atoms with Gasteiger partial charge in [0, 0.05) is 30.3 Å². The fourth-order valence-electron chi connectivity index (χ4n) is 3.07. The lowest BCUT2D eigenvalue weighted by atomic mass is 10.1. The molecule has 11 heteroatoms. The van der Waals surface area contributed by atoms with Gasteiger partial charge in [0.15, 0.2) is 0 Å². The number of hydrogen-bond acceptors (Lipinski definition) is 9. The summed E-state index contributed by atoms with van der Waals surface area (Å²) < 4.78 is 11.4. The number of halogens is 1. The zero-order valence-corrected chi connectivity index (χ0v) is 18.0. The largest absolute Gasteiger partial charge is 0.493 e. The number of anilines is 1. The van der Waals surface area contributed by atoms with Crippen molar-refractivity contribution in [2.45, 2.75) is 25.9 Å². The van der Waals surface area contributed by atoms with Crippen LogP contribution < -0.4 is 25.8 Å². The molecule has 0 radical (unpaired) electrons. The normalized spacial score (nSPS) is 14.7. The van der Waals surface area contributed by atoms with E-state index in [4.69, 9.17) is 20.9 Å². The number of aliphatic imine (C=N–C) groups is 2. The first kappa shape index (κ1) is 23.7. The molecule has 4 N–H and O–H groups in total. The van der Waals surface area contributed by atoms with E-state index in [1.807, 2.05) is 38.1 Å². The van der Waals surface area contributed by atoms with Crippen LogP contribution in [0.5, 0.6) is 11.5 Å². The van der Waals surface area contributed by atoms with Crippen molar-refractivity contribution in [1.82, 2.24) is 0 Å². The number of hydrogen-bond donors (Lipinski definition) is 2. The van der Waals surface area contributed by atoms with Crippen molar-refractivity contribution in [3.63, 3.8) is 0 Å². The summed E-state index contributed by atoms with van der Waals surface area (Å²) in [4.78, 5) is 20.4. The Morgan fingerprint density at radius 3 is 2.32 bits per heavy atom. The Bertz CT molecular complexity index is 978. The smallest absolute Gasteiger partial charge is 0.269 e. The molecule has 1 heterocycles. The second kappa shape index (κ2) is 9.98. The molecule has 1 aliphatic rings. The van der Waals surface area contributed by atoms with Gasteiger partial charge in [-0.1, -0.05) is 6.07 Å². The van der Waals surface area contributed by atoms with Crippen LogP contribution in [0.3, 0.4) is 0 Å². The van der Waals surface area contributed by atoms with E-state index in [0.717, 1.165) is 5.69 Å². The molecule has 2 aromatic rings. The zero-order valence-electron chi connectivity index (χ0n) is 17.2. The minimum absolute atomic E-state index is 0. The van der Waals surface area contributed by atoms with Gasteiger partial charge in [-0.3, -0.25) is 15.0 Å². The Morgan fingerprint density at radius 2 is 1.71 bits per heavy atom. The molecule has 3 rings (SSSR count). The van der Waals surface area contributed by atoms with E-state index in [1.54, 1.807) is 17.0 Å². The van der Waals surface area contributed by atoms with Crippen molar-refractivity contribution < 1.29 is 14.4 Å². The maximum Gasteiger partial charge on any atom is 0.269 e. The van der Waals surface area contributed by atoms with E-state index in [2.05, 4.69) is 9.98 Å². The first-order valence-electron chi connectivity index (χ1n) is 9.36. The molecule has 0 amide bonds. The van der Waals surface area contributed by atoms with Crippen LogP contribution in [0, 0.1) is 10.1 Å². The van der Waals surface area contributed by atoms with Crippen molar-refractivity contribution >= 4 is 35.7 Å². The molecule has 0 saturated carbocycles. The van der Waals surface area contributed by atoms with Crippen LogP contribution in [0.1, 0.15) is 20.3 Å². The predicted octanol–water partition coefficient (Wildman–Crippen LogP) is 3.05. The van der Waals surface area contributed by atoms with Gasteiger partial charge in [0.2, 0.25) is 11.9 Å². The highest BCUT2D eigenvalue weighted by Gasteiger charge is 2.33. The number of non-ortho nitro benzene ring substituents is 1. The van der Waals surface area contributed by atoms with Gasteiger partial charge in [0.05, 0.1) is 18.1 Å². The molecule has 0 unspecified atom stereocenters. The van der Waals surface area contributed by atoms with Crippen LogP contribution in [0.4, 0.5) is 11.4 Å². The number of nitro benzene ring substituents is 1. The van der Waals surface area contributed by atoms with Crippen LogP contribution in [0.2, 0.25) is 0 Å². The predicted molar refractivity (Wildman–Crippen MR) is 122 cm³/mol. The molecule has 0 bridgehead atoms. The molecule has 2 aromatic carbocycles. The van der Waals surface area contributed by atoms with E-state index < -0.39 is 10.6 Å². The van der Waals surface area contributed by atoms with Crippen molar-refractivity contribution in [2.75, 3.05) is 18.1 Å². The molecule has 10 nitrogen and oxygen atoms in total. The first-order valence-corrected chi connectivity index (χ1v) is 9.36. The number of nitro groups is 1. The average Bonchev–Trinajstić information content (AvgIpc) is 2.67. The second-order valence-corrected chi connectivity index (χ2v) is 7.07. The summed E-state index contributed by atoms with van der Waals surface area (Å²) in [6, 6.07) is 13.4. The van der Waals surface area contributed by atoms with Gasteiger partial charge >= 0.3 is 0 Å². The molecule has 0 spiro atoms. The highest BCUT2D eigenvalue weighted by Crippen LogP contribution is 2.30. The lowest BCUT2D eigenvalue weighted by Gasteiger charge is -2.38. The van der Waals surface area contributed by atoms with Gasteiger partial charge in [-0.25, -0.2) is 4.99 Å². The van der Waals surface area contributed by atoms with Gasteiger partial charge in [-0.15, -0.1) is 12.4 Å². The topological polar surface area (TPSA) is 142 Å². The quantitative estimate of drug-likeness (QED) is 0.359. The maximum absolute atomic E-state index is 10.7. The Kier molecular flexibility index (Phi) is 7.65. The summed E-state index contributed by atoms with van der Waals surface area (Å²) in [5, 5.41) is 10.7. The Balaban J connectivity index is 0.00000341. The number of nitrogens with two attached hydrogens (primary N) is 2. The summed E-state index contributed by atoms with van der Waals surface area (Å²) in [6.45, 7) is 4.65. The van der Waals surface area contributed by atoms with E-state index >= 15 is 0 Å². The number of guanidine groups is 2. The monoisotopic (exact) mass is 448 g/mol. The molecule has 166 valence electrons. The fraction of sp³-hybridized carbons (Fsp3) is 0.300. The number of benzene rings is 2. The van der Waals surface area contributed by atoms with Gasteiger partial charge in [-0.2, -0.15) is 4.99 Å². The number of rotatable bonds is 8. The Hall–Kier alpha value is -3.53. The summed E-state index contributed by atoms with van der Waals surface area (Å²) in [5.74, 6) is 1.66. The highest BCUT2D eigenvalue weighted by atomic mass is 35.5. The summed E-state index contributed by atoms with van der Waals surface area (Å²) in [6.07, 6.45) is 0.640. The number of nitrogens with zero attached hydrogens (tertiary/aromatic N) is 4. The average molecular weight is 449 g/mol. The lowest BCUT2D eigenvalue weighted by Crippen LogP contribution is -2.54. The fourth-order valence-corrected chi connectivity index (χ4v) is 3.07. The van der Waals surface area contributed by atoms with Crippen molar-refractivity contribution in [2.24, 2.45) is 21.5 Å². The Morgan fingerprint density at radius 1 is 1.06 bits per heavy atom. The van der Waals surface area contributed by atoms with Gasteiger partial charge in [0.25, 0.3) is 5.69 Å². The van der Waals surface area contributed by atoms with Crippen molar-refractivity contribution in [3.8, 4) is 11.5 Å². The second-order valence-electron chi connectivity index (χ2n) is 7.07. The lowest BCUT2D eigenvalue weighted by molar-refractivity contribution is -0.384. The summed E-state index contributed by atoms with van der Waals surface area (Å²) in [5.41, 5.74) is 11.9. The van der Waals surface area contributed by atoms with Crippen LogP contribution >= 0.6 is 12.4 Å². The van der Waals surface area contributed by atoms with Crippen LogP contribution in [0.25, 0.3) is 0 Å². The van der Waals surface area contributed by atoms with E-state index in [1.165, 1.54) is 12.1 Å². The van der Waals surface area contributed by atoms with Gasteiger partial charge in [0.1, 0.15) is 17.2 Å². The zero-order chi connectivity index (χ0) is 21.7.